The van der Waals surface area contributed by atoms with Crippen LogP contribution in [0.3, 0.4) is 0 Å². The van der Waals surface area contributed by atoms with Crippen LogP contribution in [0.15, 0.2) is 11.3 Å². The van der Waals surface area contributed by atoms with Gasteiger partial charge in [0.15, 0.2) is 0 Å². The van der Waals surface area contributed by atoms with Crippen molar-refractivity contribution >= 4 is 0 Å². The molecule has 11 heavy (non-hydrogen) atoms. The molecule has 0 aromatic rings. The quantitative estimate of drug-likeness (QED) is 0.518. The van der Waals surface area contributed by atoms with Crippen molar-refractivity contribution in [3.63, 3.8) is 0 Å². The number of hydrogen-bond acceptors (Lipinski definition) is 1. The van der Waals surface area contributed by atoms with E-state index in [1.54, 1.807) is 5.57 Å². The average Bonchev–Trinajstić information content (AvgIpc) is 2.34. The Balaban J connectivity index is 2.21. The molecular weight excluding hydrogens is 136 g/mol. The maximum Gasteiger partial charge on any atom is 0.0981 e. The molecule has 2 unspecified atom stereocenters. The first-order chi connectivity index (χ1) is 5.27. The molecule has 1 aliphatic heterocycles. The highest BCUT2D eigenvalue weighted by Gasteiger charge is 2.28. The van der Waals surface area contributed by atoms with E-state index in [1.165, 1.54) is 25.0 Å². The van der Waals surface area contributed by atoms with Crippen molar-refractivity contribution in [3.8, 4) is 0 Å². The van der Waals surface area contributed by atoms with Crippen LogP contribution in [0.4, 0.5) is 0 Å². The Morgan fingerprint density at radius 3 is 3.00 bits per heavy atom. The van der Waals surface area contributed by atoms with Gasteiger partial charge in [0.2, 0.25) is 0 Å². The zero-order valence-corrected chi connectivity index (χ0v) is 7.39. The van der Waals surface area contributed by atoms with Crippen LogP contribution in [-0.2, 0) is 4.74 Å². The summed E-state index contributed by atoms with van der Waals surface area (Å²) in [6, 6.07) is 0. The second kappa shape index (κ2) is 2.54. The first kappa shape index (κ1) is 7.20. The number of rotatable bonds is 0. The van der Waals surface area contributed by atoms with Gasteiger partial charge in [-0.05, 0) is 24.3 Å². The fraction of sp³-hybridized carbons (Fsp3) is 0.800. The van der Waals surface area contributed by atoms with E-state index in [2.05, 4.69) is 13.8 Å². The highest BCUT2D eigenvalue weighted by atomic mass is 16.5. The van der Waals surface area contributed by atoms with Crippen LogP contribution in [0, 0.1) is 11.8 Å². The van der Waals surface area contributed by atoms with E-state index >= 15 is 0 Å². The van der Waals surface area contributed by atoms with E-state index in [9.17, 15) is 0 Å². The van der Waals surface area contributed by atoms with Gasteiger partial charge in [-0.25, -0.2) is 0 Å². The predicted octanol–water partition coefficient (Wildman–Crippen LogP) is 2.73. The molecule has 0 bridgehead atoms. The maximum atomic E-state index is 5.60. The normalized spacial score (nSPS) is 36.9. The van der Waals surface area contributed by atoms with Gasteiger partial charge in [-0.15, -0.1) is 0 Å². The van der Waals surface area contributed by atoms with Crippen molar-refractivity contribution in [1.82, 2.24) is 0 Å². The SMILES string of the molecule is CC1CC2=C(OCC2)C(C)C1. The minimum absolute atomic E-state index is 0.691. The van der Waals surface area contributed by atoms with Crippen molar-refractivity contribution in [2.24, 2.45) is 11.8 Å². The fourth-order valence-corrected chi connectivity index (χ4v) is 2.42. The lowest BCUT2D eigenvalue weighted by atomic mass is 9.83. The molecule has 2 atom stereocenters. The molecule has 2 aliphatic rings. The average molecular weight is 152 g/mol. The zero-order valence-electron chi connectivity index (χ0n) is 7.39. The van der Waals surface area contributed by atoms with Gasteiger partial charge in [0.1, 0.15) is 0 Å². The summed E-state index contributed by atoms with van der Waals surface area (Å²) < 4.78 is 5.60. The van der Waals surface area contributed by atoms with E-state index < -0.39 is 0 Å². The summed E-state index contributed by atoms with van der Waals surface area (Å²) in [4.78, 5) is 0. The van der Waals surface area contributed by atoms with E-state index in [0.29, 0.717) is 5.92 Å². The second-order valence-electron chi connectivity index (χ2n) is 4.01. The lowest BCUT2D eigenvalue weighted by Crippen LogP contribution is -2.13. The van der Waals surface area contributed by atoms with Crippen LogP contribution in [0.5, 0.6) is 0 Å². The summed E-state index contributed by atoms with van der Waals surface area (Å²) in [5, 5.41) is 0. The molecule has 0 saturated heterocycles. The van der Waals surface area contributed by atoms with Gasteiger partial charge >= 0.3 is 0 Å². The largest absolute Gasteiger partial charge is 0.497 e. The minimum Gasteiger partial charge on any atom is -0.497 e. The Hall–Kier alpha value is -0.460. The molecule has 0 aromatic carbocycles. The summed E-state index contributed by atoms with van der Waals surface area (Å²) in [5.41, 5.74) is 1.61. The predicted molar refractivity (Wildman–Crippen MR) is 45.2 cm³/mol. The van der Waals surface area contributed by atoms with E-state index in [0.717, 1.165) is 12.5 Å². The monoisotopic (exact) mass is 152 g/mol. The Bertz CT molecular complexity index is 193. The molecular formula is C10H16O. The number of allylic oxidation sites excluding steroid dienone is 1. The highest BCUT2D eigenvalue weighted by molar-refractivity contribution is 5.18. The fourth-order valence-electron chi connectivity index (χ4n) is 2.42. The molecule has 2 rings (SSSR count). The van der Waals surface area contributed by atoms with Crippen molar-refractivity contribution in [1.29, 1.82) is 0 Å². The standard InChI is InChI=1S/C10H16O/c1-7-5-8(2)10-9(6-7)3-4-11-10/h7-8H,3-6H2,1-2H3. The van der Waals surface area contributed by atoms with Crippen LogP contribution in [-0.4, -0.2) is 6.61 Å². The Morgan fingerprint density at radius 1 is 1.36 bits per heavy atom. The third-order valence-electron chi connectivity index (χ3n) is 2.81. The zero-order chi connectivity index (χ0) is 7.84. The minimum atomic E-state index is 0.691. The Morgan fingerprint density at radius 2 is 2.18 bits per heavy atom. The van der Waals surface area contributed by atoms with Crippen molar-refractivity contribution < 1.29 is 4.74 Å². The topological polar surface area (TPSA) is 9.23 Å². The maximum absolute atomic E-state index is 5.60. The highest BCUT2D eigenvalue weighted by Crippen LogP contribution is 2.38. The molecule has 0 aromatic heterocycles. The molecule has 0 N–H and O–H groups in total. The van der Waals surface area contributed by atoms with E-state index in [4.69, 9.17) is 4.74 Å². The first-order valence-corrected chi connectivity index (χ1v) is 4.62. The Kier molecular flexibility index (Phi) is 1.67. The molecule has 1 heterocycles. The van der Waals surface area contributed by atoms with Crippen molar-refractivity contribution in [3.05, 3.63) is 11.3 Å². The number of ether oxygens (including phenoxy) is 1. The molecule has 1 nitrogen and oxygen atoms in total. The van der Waals surface area contributed by atoms with Gasteiger partial charge in [0.05, 0.1) is 12.4 Å². The first-order valence-electron chi connectivity index (χ1n) is 4.62. The smallest absolute Gasteiger partial charge is 0.0981 e. The lowest BCUT2D eigenvalue weighted by molar-refractivity contribution is 0.196. The van der Waals surface area contributed by atoms with Crippen LogP contribution in [0.25, 0.3) is 0 Å². The van der Waals surface area contributed by atoms with Gasteiger partial charge in [-0.1, -0.05) is 13.8 Å². The summed E-state index contributed by atoms with van der Waals surface area (Å²) in [6.07, 6.45) is 3.81. The third-order valence-corrected chi connectivity index (χ3v) is 2.81. The van der Waals surface area contributed by atoms with Gasteiger partial charge in [0, 0.05) is 12.3 Å². The summed E-state index contributed by atoms with van der Waals surface area (Å²) in [6.45, 7) is 5.58. The van der Waals surface area contributed by atoms with Gasteiger partial charge in [-0.2, -0.15) is 0 Å². The van der Waals surface area contributed by atoms with Crippen LogP contribution >= 0.6 is 0 Å². The third kappa shape index (κ3) is 1.17. The molecule has 0 saturated carbocycles. The summed E-state index contributed by atoms with van der Waals surface area (Å²) in [5.74, 6) is 2.91. The van der Waals surface area contributed by atoms with Crippen LogP contribution < -0.4 is 0 Å². The summed E-state index contributed by atoms with van der Waals surface area (Å²) >= 11 is 0. The van der Waals surface area contributed by atoms with Crippen LogP contribution in [0.2, 0.25) is 0 Å². The number of hydrogen-bond donors (Lipinski definition) is 0. The lowest BCUT2D eigenvalue weighted by Gasteiger charge is -2.24. The van der Waals surface area contributed by atoms with Crippen molar-refractivity contribution in [2.75, 3.05) is 6.61 Å². The molecule has 0 fully saturated rings. The van der Waals surface area contributed by atoms with Gasteiger partial charge in [-0.3, -0.25) is 0 Å². The summed E-state index contributed by atoms with van der Waals surface area (Å²) in [7, 11) is 0. The van der Waals surface area contributed by atoms with Crippen LogP contribution in [0.1, 0.15) is 33.1 Å². The van der Waals surface area contributed by atoms with E-state index in [1.807, 2.05) is 0 Å². The molecule has 0 radical (unpaired) electrons. The molecule has 0 spiro atoms. The Labute approximate surface area is 68.4 Å². The van der Waals surface area contributed by atoms with Crippen molar-refractivity contribution in [2.45, 2.75) is 33.1 Å². The molecule has 62 valence electrons. The molecule has 1 aliphatic carbocycles. The second-order valence-corrected chi connectivity index (χ2v) is 4.01. The molecule has 1 heteroatoms. The van der Waals surface area contributed by atoms with Gasteiger partial charge < -0.3 is 4.74 Å². The molecule has 0 amide bonds. The van der Waals surface area contributed by atoms with E-state index in [-0.39, 0.29) is 0 Å². The van der Waals surface area contributed by atoms with Gasteiger partial charge in [0.25, 0.3) is 0 Å².